The number of amides is 1. The molecule has 1 fully saturated rings. The number of carbonyl (C=O) groups is 1. The Hall–Kier alpha value is -1.51. The van der Waals surface area contributed by atoms with E-state index in [0.717, 1.165) is 44.5 Å². The summed E-state index contributed by atoms with van der Waals surface area (Å²) in [4.78, 5) is 14.8. The summed E-state index contributed by atoms with van der Waals surface area (Å²) in [7, 11) is 1.76. The van der Waals surface area contributed by atoms with Crippen LogP contribution in [0.4, 0.5) is 0 Å². The van der Waals surface area contributed by atoms with E-state index in [1.807, 2.05) is 0 Å². The number of carbonyl (C=O) groups excluding carboxylic acids is 1. The lowest BCUT2D eigenvalue weighted by atomic mass is 9.83. The number of hydrogen-bond donors (Lipinski definition) is 0. The second-order valence-electron chi connectivity index (χ2n) is 6.93. The van der Waals surface area contributed by atoms with Crippen molar-refractivity contribution < 1.29 is 9.53 Å². The minimum atomic E-state index is 0.132. The Bertz CT molecular complexity index is 561. The van der Waals surface area contributed by atoms with Crippen molar-refractivity contribution in [3.8, 4) is 5.75 Å². The van der Waals surface area contributed by atoms with Gasteiger partial charge in [-0.2, -0.15) is 0 Å². The van der Waals surface area contributed by atoms with Crippen LogP contribution in [0.15, 0.2) is 12.1 Å². The van der Waals surface area contributed by atoms with E-state index in [2.05, 4.69) is 24.0 Å². The Labute approximate surface area is 140 Å². The molecule has 1 aliphatic carbocycles. The van der Waals surface area contributed by atoms with Crippen molar-refractivity contribution in [1.29, 1.82) is 0 Å². The molecule has 1 aromatic carbocycles. The zero-order valence-electron chi connectivity index (χ0n) is 14.6. The fraction of sp³-hybridized carbons (Fsp3) is 0.650. The van der Waals surface area contributed by atoms with Crippen molar-refractivity contribution in [2.24, 2.45) is 5.92 Å². The number of nitrogens with zero attached hydrogens (tertiary/aromatic N) is 1. The van der Waals surface area contributed by atoms with Crippen LogP contribution >= 0.6 is 0 Å². The first kappa shape index (κ1) is 16.4. The van der Waals surface area contributed by atoms with Crippen LogP contribution in [-0.4, -0.2) is 31.0 Å². The standard InChI is InChI=1S/C20H29NO2/c1-3-15(20(22)21-12-6-7-13-21)14-16-10-11-19(23-2)18-9-5-4-8-17(16)18/h10-11,15H,3-9,12-14H2,1-2H3. The van der Waals surface area contributed by atoms with E-state index in [9.17, 15) is 4.79 Å². The number of benzene rings is 1. The van der Waals surface area contributed by atoms with E-state index in [1.54, 1.807) is 7.11 Å². The van der Waals surface area contributed by atoms with Crippen LogP contribution in [0.3, 0.4) is 0 Å². The maximum atomic E-state index is 12.8. The molecule has 3 rings (SSSR count). The molecule has 1 amide bonds. The average molecular weight is 315 g/mol. The molecule has 0 spiro atoms. The normalized spacial score (nSPS) is 18.6. The lowest BCUT2D eigenvalue weighted by molar-refractivity contribution is -0.134. The predicted molar refractivity (Wildman–Crippen MR) is 92.9 cm³/mol. The van der Waals surface area contributed by atoms with Crippen molar-refractivity contribution >= 4 is 5.91 Å². The molecule has 1 unspecified atom stereocenters. The number of ether oxygens (including phenoxy) is 1. The van der Waals surface area contributed by atoms with Gasteiger partial charge in [-0.25, -0.2) is 0 Å². The third kappa shape index (κ3) is 3.39. The summed E-state index contributed by atoms with van der Waals surface area (Å²) >= 11 is 0. The molecule has 0 N–H and O–H groups in total. The fourth-order valence-electron chi connectivity index (χ4n) is 4.16. The number of fused-ring (bicyclic) bond motifs is 1. The van der Waals surface area contributed by atoms with Gasteiger partial charge in [-0.05, 0) is 74.1 Å². The quantitative estimate of drug-likeness (QED) is 0.828. The lowest BCUT2D eigenvalue weighted by Gasteiger charge is -2.26. The number of rotatable bonds is 5. The number of likely N-dealkylation sites (tertiary alicyclic amines) is 1. The summed E-state index contributed by atoms with van der Waals surface area (Å²) in [5.41, 5.74) is 4.22. The van der Waals surface area contributed by atoms with Crippen molar-refractivity contribution in [2.45, 2.75) is 58.3 Å². The molecule has 126 valence electrons. The third-order valence-electron chi connectivity index (χ3n) is 5.53. The molecule has 1 aromatic rings. The Morgan fingerprint density at radius 3 is 2.48 bits per heavy atom. The average Bonchev–Trinajstić information content (AvgIpc) is 3.13. The van der Waals surface area contributed by atoms with Crippen LogP contribution in [0.5, 0.6) is 5.75 Å². The lowest BCUT2D eigenvalue weighted by Crippen LogP contribution is -2.34. The van der Waals surface area contributed by atoms with Crippen molar-refractivity contribution in [3.05, 3.63) is 28.8 Å². The first-order valence-corrected chi connectivity index (χ1v) is 9.21. The molecule has 3 nitrogen and oxygen atoms in total. The van der Waals surface area contributed by atoms with Gasteiger partial charge < -0.3 is 9.64 Å². The summed E-state index contributed by atoms with van der Waals surface area (Å²) in [5.74, 6) is 1.53. The maximum absolute atomic E-state index is 12.8. The van der Waals surface area contributed by atoms with E-state index in [-0.39, 0.29) is 5.92 Å². The molecule has 23 heavy (non-hydrogen) atoms. The van der Waals surface area contributed by atoms with Gasteiger partial charge in [-0.3, -0.25) is 4.79 Å². The largest absolute Gasteiger partial charge is 0.496 e. The highest BCUT2D eigenvalue weighted by molar-refractivity contribution is 5.79. The Kier molecular flexibility index (Phi) is 5.24. The highest BCUT2D eigenvalue weighted by atomic mass is 16.5. The Morgan fingerprint density at radius 1 is 1.13 bits per heavy atom. The molecule has 0 radical (unpaired) electrons. The molecule has 1 heterocycles. The van der Waals surface area contributed by atoms with Crippen LogP contribution < -0.4 is 4.74 Å². The smallest absolute Gasteiger partial charge is 0.226 e. The Balaban J connectivity index is 1.82. The molecular formula is C20H29NO2. The number of hydrogen-bond acceptors (Lipinski definition) is 2. The monoisotopic (exact) mass is 315 g/mol. The van der Waals surface area contributed by atoms with Crippen LogP contribution in [0.1, 0.15) is 55.7 Å². The maximum Gasteiger partial charge on any atom is 0.226 e. The highest BCUT2D eigenvalue weighted by Crippen LogP contribution is 2.33. The summed E-state index contributed by atoms with van der Waals surface area (Å²) in [5, 5.41) is 0. The van der Waals surface area contributed by atoms with Gasteiger partial charge in [0, 0.05) is 19.0 Å². The Morgan fingerprint density at radius 2 is 1.83 bits per heavy atom. The minimum Gasteiger partial charge on any atom is -0.496 e. The number of methoxy groups -OCH3 is 1. The van der Waals surface area contributed by atoms with Crippen LogP contribution in [0.25, 0.3) is 0 Å². The third-order valence-corrected chi connectivity index (χ3v) is 5.53. The zero-order valence-corrected chi connectivity index (χ0v) is 14.6. The first-order chi connectivity index (χ1) is 11.2. The second kappa shape index (κ2) is 7.37. The molecule has 3 heteroatoms. The van der Waals surface area contributed by atoms with Gasteiger partial charge in [0.25, 0.3) is 0 Å². The highest BCUT2D eigenvalue weighted by Gasteiger charge is 2.27. The van der Waals surface area contributed by atoms with E-state index >= 15 is 0 Å². The van der Waals surface area contributed by atoms with Crippen LogP contribution in [0.2, 0.25) is 0 Å². The van der Waals surface area contributed by atoms with Gasteiger partial charge in [0.15, 0.2) is 0 Å². The zero-order chi connectivity index (χ0) is 16.2. The van der Waals surface area contributed by atoms with E-state index in [1.165, 1.54) is 42.4 Å². The molecule has 1 saturated heterocycles. The molecule has 0 bridgehead atoms. The molecule has 0 saturated carbocycles. The van der Waals surface area contributed by atoms with Crippen LogP contribution in [-0.2, 0) is 24.1 Å². The van der Waals surface area contributed by atoms with Crippen molar-refractivity contribution in [3.63, 3.8) is 0 Å². The topological polar surface area (TPSA) is 29.5 Å². The summed E-state index contributed by atoms with van der Waals surface area (Å²) in [6.07, 6.45) is 8.90. The van der Waals surface area contributed by atoms with Gasteiger partial charge in [-0.15, -0.1) is 0 Å². The summed E-state index contributed by atoms with van der Waals surface area (Å²) in [6, 6.07) is 4.30. The fourth-order valence-corrected chi connectivity index (χ4v) is 4.16. The molecule has 0 aromatic heterocycles. The second-order valence-corrected chi connectivity index (χ2v) is 6.93. The molecule has 1 aliphatic heterocycles. The van der Waals surface area contributed by atoms with Gasteiger partial charge >= 0.3 is 0 Å². The molecule has 1 atom stereocenters. The van der Waals surface area contributed by atoms with Gasteiger partial charge in [0.1, 0.15) is 5.75 Å². The van der Waals surface area contributed by atoms with Crippen LogP contribution in [0, 0.1) is 5.92 Å². The van der Waals surface area contributed by atoms with E-state index in [0.29, 0.717) is 5.91 Å². The molecular weight excluding hydrogens is 286 g/mol. The van der Waals surface area contributed by atoms with Gasteiger partial charge in [-0.1, -0.05) is 13.0 Å². The van der Waals surface area contributed by atoms with Gasteiger partial charge in [0.2, 0.25) is 5.91 Å². The summed E-state index contributed by atoms with van der Waals surface area (Å²) < 4.78 is 5.55. The first-order valence-electron chi connectivity index (χ1n) is 9.21. The van der Waals surface area contributed by atoms with Crippen molar-refractivity contribution in [2.75, 3.05) is 20.2 Å². The SMILES string of the molecule is CCC(Cc1ccc(OC)c2c1CCCC2)C(=O)N1CCCC1. The minimum absolute atomic E-state index is 0.132. The predicted octanol–water partition coefficient (Wildman–Crippen LogP) is 3.77. The van der Waals surface area contributed by atoms with Crippen molar-refractivity contribution in [1.82, 2.24) is 4.90 Å². The van der Waals surface area contributed by atoms with E-state index < -0.39 is 0 Å². The van der Waals surface area contributed by atoms with E-state index in [4.69, 9.17) is 4.74 Å². The van der Waals surface area contributed by atoms with Gasteiger partial charge in [0.05, 0.1) is 7.11 Å². The molecule has 2 aliphatic rings. The summed E-state index contributed by atoms with van der Waals surface area (Å²) in [6.45, 7) is 4.06.